The predicted octanol–water partition coefficient (Wildman–Crippen LogP) is 1.21. The fourth-order valence-corrected chi connectivity index (χ4v) is 2.29. The van der Waals surface area contributed by atoms with Gasteiger partial charge in [-0.3, -0.25) is 5.10 Å². The van der Waals surface area contributed by atoms with Crippen molar-refractivity contribution in [2.24, 2.45) is 0 Å². The van der Waals surface area contributed by atoms with Crippen molar-refractivity contribution >= 4 is 0 Å². The van der Waals surface area contributed by atoms with E-state index in [9.17, 15) is 0 Å². The predicted molar refractivity (Wildman–Crippen MR) is 65.4 cm³/mol. The Morgan fingerprint density at radius 2 is 2.06 bits per heavy atom. The Hall–Kier alpha value is -0.870. The monoisotopic (exact) mass is 222 g/mol. The van der Waals surface area contributed by atoms with Crippen LogP contribution in [-0.2, 0) is 6.54 Å². The summed E-state index contributed by atoms with van der Waals surface area (Å²) in [5.41, 5.74) is 3.62. The third-order valence-corrected chi connectivity index (χ3v) is 3.39. The highest BCUT2D eigenvalue weighted by atomic mass is 15.2. The van der Waals surface area contributed by atoms with Crippen LogP contribution in [0, 0.1) is 13.8 Å². The summed E-state index contributed by atoms with van der Waals surface area (Å²) >= 11 is 0. The van der Waals surface area contributed by atoms with Crippen molar-refractivity contribution in [1.29, 1.82) is 0 Å². The zero-order valence-electron chi connectivity index (χ0n) is 10.3. The van der Waals surface area contributed by atoms with Gasteiger partial charge in [-0.1, -0.05) is 0 Å². The SMILES string of the molecule is Cc1n[nH]c(C)c1CNCCN1CCCC1. The second-order valence-corrected chi connectivity index (χ2v) is 4.64. The first-order valence-corrected chi connectivity index (χ1v) is 6.21. The fourth-order valence-electron chi connectivity index (χ4n) is 2.29. The fraction of sp³-hybridized carbons (Fsp3) is 0.750. The zero-order valence-corrected chi connectivity index (χ0v) is 10.3. The average molecular weight is 222 g/mol. The summed E-state index contributed by atoms with van der Waals surface area (Å²) in [5, 5.41) is 10.7. The first-order valence-electron chi connectivity index (χ1n) is 6.21. The Morgan fingerprint density at radius 1 is 1.31 bits per heavy atom. The molecule has 0 radical (unpaired) electrons. The Morgan fingerprint density at radius 3 is 2.69 bits per heavy atom. The summed E-state index contributed by atoms with van der Waals surface area (Å²) in [4.78, 5) is 2.53. The van der Waals surface area contributed by atoms with E-state index < -0.39 is 0 Å². The van der Waals surface area contributed by atoms with Crippen LogP contribution in [0.2, 0.25) is 0 Å². The number of aromatic amines is 1. The Labute approximate surface area is 97.4 Å². The summed E-state index contributed by atoms with van der Waals surface area (Å²) in [6, 6.07) is 0. The lowest BCUT2D eigenvalue weighted by Gasteiger charge is -2.14. The van der Waals surface area contributed by atoms with E-state index in [0.717, 1.165) is 18.8 Å². The first-order chi connectivity index (χ1) is 7.77. The van der Waals surface area contributed by atoms with Crippen LogP contribution in [0.3, 0.4) is 0 Å². The van der Waals surface area contributed by atoms with Crippen LogP contribution in [0.4, 0.5) is 0 Å². The normalized spacial score (nSPS) is 17.1. The molecule has 16 heavy (non-hydrogen) atoms. The molecule has 2 rings (SSSR count). The van der Waals surface area contributed by atoms with Crippen LogP contribution in [-0.4, -0.2) is 41.3 Å². The van der Waals surface area contributed by atoms with Gasteiger partial charge in [0.2, 0.25) is 0 Å². The molecule has 0 bridgehead atoms. The second kappa shape index (κ2) is 5.46. The molecule has 1 aliphatic rings. The lowest BCUT2D eigenvalue weighted by molar-refractivity contribution is 0.335. The van der Waals surface area contributed by atoms with Crippen molar-refractivity contribution in [3.05, 3.63) is 17.0 Å². The van der Waals surface area contributed by atoms with E-state index in [-0.39, 0.29) is 0 Å². The van der Waals surface area contributed by atoms with Crippen LogP contribution in [0.15, 0.2) is 0 Å². The standard InChI is InChI=1S/C12H22N4/c1-10-12(11(2)15-14-10)9-13-5-8-16-6-3-4-7-16/h13H,3-9H2,1-2H3,(H,14,15). The van der Waals surface area contributed by atoms with Crippen molar-refractivity contribution in [3.8, 4) is 0 Å². The third-order valence-electron chi connectivity index (χ3n) is 3.39. The van der Waals surface area contributed by atoms with Crippen molar-refractivity contribution < 1.29 is 0 Å². The molecule has 2 N–H and O–H groups in total. The van der Waals surface area contributed by atoms with Crippen molar-refractivity contribution in [2.45, 2.75) is 33.2 Å². The molecule has 0 spiro atoms. The third kappa shape index (κ3) is 2.83. The number of likely N-dealkylation sites (tertiary alicyclic amines) is 1. The Bertz CT molecular complexity index is 306. The van der Waals surface area contributed by atoms with E-state index in [0.29, 0.717) is 0 Å². The van der Waals surface area contributed by atoms with Crippen molar-refractivity contribution in [2.75, 3.05) is 26.2 Å². The molecule has 90 valence electrons. The summed E-state index contributed by atoms with van der Waals surface area (Å²) in [5.74, 6) is 0. The minimum absolute atomic E-state index is 0.933. The second-order valence-electron chi connectivity index (χ2n) is 4.64. The van der Waals surface area contributed by atoms with Crippen LogP contribution in [0.1, 0.15) is 29.8 Å². The van der Waals surface area contributed by atoms with Crippen molar-refractivity contribution in [3.63, 3.8) is 0 Å². The lowest BCUT2D eigenvalue weighted by Crippen LogP contribution is -2.29. The molecule has 0 aliphatic carbocycles. The molecule has 4 heteroatoms. The highest BCUT2D eigenvalue weighted by Gasteiger charge is 2.10. The number of hydrogen-bond acceptors (Lipinski definition) is 3. The lowest BCUT2D eigenvalue weighted by atomic mass is 10.2. The van der Waals surface area contributed by atoms with Gasteiger partial charge in [0.25, 0.3) is 0 Å². The molecule has 1 fully saturated rings. The number of H-pyrrole nitrogens is 1. The maximum Gasteiger partial charge on any atom is 0.0638 e. The number of aryl methyl sites for hydroxylation is 2. The molecule has 1 aliphatic heterocycles. The molecule has 0 amide bonds. The maximum absolute atomic E-state index is 4.20. The van der Waals surface area contributed by atoms with Gasteiger partial charge >= 0.3 is 0 Å². The minimum Gasteiger partial charge on any atom is -0.311 e. The average Bonchev–Trinajstić information content (AvgIpc) is 2.87. The molecule has 1 aromatic heterocycles. The quantitative estimate of drug-likeness (QED) is 0.736. The highest BCUT2D eigenvalue weighted by Crippen LogP contribution is 2.08. The smallest absolute Gasteiger partial charge is 0.0638 e. The van der Waals surface area contributed by atoms with Gasteiger partial charge in [0, 0.05) is 30.9 Å². The summed E-state index contributed by atoms with van der Waals surface area (Å²) in [7, 11) is 0. The van der Waals surface area contributed by atoms with E-state index in [4.69, 9.17) is 0 Å². The van der Waals surface area contributed by atoms with Crippen LogP contribution in [0.25, 0.3) is 0 Å². The molecule has 0 aromatic carbocycles. The summed E-state index contributed by atoms with van der Waals surface area (Å²) < 4.78 is 0. The van der Waals surface area contributed by atoms with Gasteiger partial charge in [0.15, 0.2) is 0 Å². The van der Waals surface area contributed by atoms with Gasteiger partial charge in [-0.05, 0) is 39.8 Å². The number of nitrogens with zero attached hydrogens (tertiary/aromatic N) is 2. The molecular formula is C12H22N4. The van der Waals surface area contributed by atoms with Gasteiger partial charge in [-0.15, -0.1) is 0 Å². The minimum atomic E-state index is 0.933. The largest absolute Gasteiger partial charge is 0.311 e. The van der Waals surface area contributed by atoms with E-state index in [1.165, 1.54) is 43.7 Å². The van der Waals surface area contributed by atoms with Crippen molar-refractivity contribution in [1.82, 2.24) is 20.4 Å². The number of aromatic nitrogens is 2. The van der Waals surface area contributed by atoms with E-state index in [2.05, 4.69) is 34.3 Å². The van der Waals surface area contributed by atoms with Gasteiger partial charge in [-0.2, -0.15) is 5.10 Å². The Kier molecular flexibility index (Phi) is 3.96. The molecular weight excluding hydrogens is 200 g/mol. The van der Waals surface area contributed by atoms with Gasteiger partial charge in [-0.25, -0.2) is 0 Å². The van der Waals surface area contributed by atoms with Crippen LogP contribution < -0.4 is 5.32 Å². The van der Waals surface area contributed by atoms with Gasteiger partial charge in [0.1, 0.15) is 0 Å². The van der Waals surface area contributed by atoms with E-state index in [1.54, 1.807) is 0 Å². The number of rotatable bonds is 5. The molecule has 0 unspecified atom stereocenters. The highest BCUT2D eigenvalue weighted by molar-refractivity contribution is 5.22. The Balaban J connectivity index is 1.67. The van der Waals surface area contributed by atoms with Gasteiger partial charge in [0.05, 0.1) is 5.69 Å². The molecule has 1 aromatic rings. The molecule has 0 saturated carbocycles. The van der Waals surface area contributed by atoms with Gasteiger partial charge < -0.3 is 10.2 Å². The summed E-state index contributed by atoms with van der Waals surface area (Å²) in [6.45, 7) is 9.89. The molecule has 0 atom stereocenters. The first kappa shape index (κ1) is 11.6. The molecule has 4 nitrogen and oxygen atoms in total. The van der Waals surface area contributed by atoms with Crippen LogP contribution in [0.5, 0.6) is 0 Å². The van der Waals surface area contributed by atoms with E-state index >= 15 is 0 Å². The zero-order chi connectivity index (χ0) is 11.4. The maximum atomic E-state index is 4.20. The topological polar surface area (TPSA) is 44.0 Å². The molecule has 2 heterocycles. The number of hydrogen-bond donors (Lipinski definition) is 2. The van der Waals surface area contributed by atoms with E-state index in [1.807, 2.05) is 0 Å². The molecule has 1 saturated heterocycles. The summed E-state index contributed by atoms with van der Waals surface area (Å²) in [6.07, 6.45) is 2.75. The van der Waals surface area contributed by atoms with Crippen LogP contribution >= 0.6 is 0 Å². The number of nitrogens with one attached hydrogen (secondary N) is 2.